The van der Waals surface area contributed by atoms with E-state index in [0.29, 0.717) is 31.3 Å². The summed E-state index contributed by atoms with van der Waals surface area (Å²) in [6.07, 6.45) is 7.59. The number of carbonyl (C=O) groups is 3. The fraction of sp³-hybridized carbons (Fsp3) is 0.654. The maximum atomic E-state index is 13.0. The van der Waals surface area contributed by atoms with Gasteiger partial charge in [0.2, 0.25) is 17.7 Å². The molecule has 1 heterocycles. The third-order valence-electron chi connectivity index (χ3n) is 6.89. The Morgan fingerprint density at radius 1 is 0.969 bits per heavy atom. The molecule has 1 unspecified atom stereocenters. The standard InChI is InChI=1S/C26H39N3O3/c1-18(2)21-11-9-20(10-12-21)17-24(27-19(3)30)25(31)28-23-13-15-29(16-14-23)26(32)22-7-5-4-6-8-22/h9-12,18,22-24H,4-8,13-17H2,1-3H3,(H,27,30)(H,28,31). The van der Waals surface area contributed by atoms with Crippen molar-refractivity contribution < 1.29 is 14.4 Å². The molecule has 2 fully saturated rings. The molecule has 32 heavy (non-hydrogen) atoms. The van der Waals surface area contributed by atoms with Gasteiger partial charge >= 0.3 is 0 Å². The van der Waals surface area contributed by atoms with E-state index in [0.717, 1.165) is 44.1 Å². The first kappa shape index (κ1) is 24.3. The minimum atomic E-state index is -0.598. The first-order valence-corrected chi connectivity index (χ1v) is 12.3. The number of hydrogen-bond donors (Lipinski definition) is 2. The predicted octanol–water partition coefficient (Wildman–Crippen LogP) is 3.54. The first-order valence-electron chi connectivity index (χ1n) is 12.3. The highest BCUT2D eigenvalue weighted by molar-refractivity contribution is 5.87. The molecule has 0 aromatic heterocycles. The highest BCUT2D eigenvalue weighted by Gasteiger charge is 2.30. The van der Waals surface area contributed by atoms with E-state index >= 15 is 0 Å². The molecule has 1 aromatic carbocycles. The van der Waals surface area contributed by atoms with Gasteiger partial charge in [-0.15, -0.1) is 0 Å². The average molecular weight is 442 g/mol. The van der Waals surface area contributed by atoms with Crippen molar-refractivity contribution in [1.29, 1.82) is 0 Å². The van der Waals surface area contributed by atoms with Crippen LogP contribution in [0.25, 0.3) is 0 Å². The van der Waals surface area contributed by atoms with Crippen LogP contribution in [0.3, 0.4) is 0 Å². The topological polar surface area (TPSA) is 78.5 Å². The number of piperidine rings is 1. The van der Waals surface area contributed by atoms with Gasteiger partial charge in [0.15, 0.2) is 0 Å². The molecule has 3 rings (SSSR count). The van der Waals surface area contributed by atoms with E-state index in [1.807, 2.05) is 17.0 Å². The van der Waals surface area contributed by atoms with Crippen LogP contribution in [0.4, 0.5) is 0 Å². The third-order valence-corrected chi connectivity index (χ3v) is 6.89. The monoisotopic (exact) mass is 441 g/mol. The lowest BCUT2D eigenvalue weighted by Crippen LogP contribution is -2.53. The Balaban J connectivity index is 1.52. The second-order valence-corrected chi connectivity index (χ2v) is 9.80. The molecule has 1 aliphatic heterocycles. The molecule has 0 spiro atoms. The van der Waals surface area contributed by atoms with E-state index in [1.54, 1.807) is 0 Å². The van der Waals surface area contributed by atoms with Crippen molar-refractivity contribution >= 4 is 17.7 Å². The van der Waals surface area contributed by atoms with Gasteiger partial charge in [-0.2, -0.15) is 0 Å². The van der Waals surface area contributed by atoms with Crippen LogP contribution < -0.4 is 10.6 Å². The van der Waals surface area contributed by atoms with E-state index in [2.05, 4.69) is 36.6 Å². The van der Waals surface area contributed by atoms with Crippen LogP contribution in [0.1, 0.15) is 82.8 Å². The van der Waals surface area contributed by atoms with Gasteiger partial charge < -0.3 is 15.5 Å². The lowest BCUT2D eigenvalue weighted by atomic mass is 9.87. The summed E-state index contributed by atoms with van der Waals surface area (Å²) in [6, 6.07) is 7.68. The Bertz CT molecular complexity index is 776. The second-order valence-electron chi connectivity index (χ2n) is 9.80. The van der Waals surface area contributed by atoms with Crippen molar-refractivity contribution in [3.8, 4) is 0 Å². The number of amides is 3. The normalized spacial score (nSPS) is 18.9. The van der Waals surface area contributed by atoms with Crippen molar-refractivity contribution in [1.82, 2.24) is 15.5 Å². The summed E-state index contributed by atoms with van der Waals surface area (Å²) in [5.41, 5.74) is 2.28. The minimum Gasteiger partial charge on any atom is -0.351 e. The maximum absolute atomic E-state index is 13.0. The number of carbonyl (C=O) groups excluding carboxylic acids is 3. The number of rotatable bonds is 7. The molecule has 1 aromatic rings. The van der Waals surface area contributed by atoms with Crippen LogP contribution in [0.2, 0.25) is 0 Å². The highest BCUT2D eigenvalue weighted by Crippen LogP contribution is 2.26. The van der Waals surface area contributed by atoms with Crippen molar-refractivity contribution in [2.75, 3.05) is 13.1 Å². The van der Waals surface area contributed by atoms with E-state index in [9.17, 15) is 14.4 Å². The largest absolute Gasteiger partial charge is 0.351 e. The van der Waals surface area contributed by atoms with Gasteiger partial charge in [-0.3, -0.25) is 14.4 Å². The van der Waals surface area contributed by atoms with Gasteiger partial charge in [-0.1, -0.05) is 57.4 Å². The van der Waals surface area contributed by atoms with Crippen molar-refractivity contribution in [3.63, 3.8) is 0 Å². The fourth-order valence-corrected chi connectivity index (χ4v) is 4.88. The number of nitrogens with one attached hydrogen (secondary N) is 2. The fourth-order valence-electron chi connectivity index (χ4n) is 4.88. The zero-order valence-corrected chi connectivity index (χ0v) is 19.9. The minimum absolute atomic E-state index is 0.0393. The molecule has 2 aliphatic rings. The van der Waals surface area contributed by atoms with Gasteiger partial charge in [-0.05, 0) is 42.7 Å². The molecule has 2 N–H and O–H groups in total. The molecular formula is C26H39N3O3. The van der Waals surface area contributed by atoms with Crippen molar-refractivity contribution in [3.05, 3.63) is 35.4 Å². The summed E-state index contributed by atoms with van der Waals surface area (Å²) in [6.45, 7) is 7.13. The van der Waals surface area contributed by atoms with Crippen LogP contribution in [-0.2, 0) is 20.8 Å². The van der Waals surface area contributed by atoms with Crippen LogP contribution in [-0.4, -0.2) is 47.8 Å². The van der Waals surface area contributed by atoms with E-state index < -0.39 is 6.04 Å². The molecule has 6 heteroatoms. The Kier molecular flexibility index (Phi) is 8.71. The molecule has 6 nitrogen and oxygen atoms in total. The molecule has 0 bridgehead atoms. The lowest BCUT2D eigenvalue weighted by molar-refractivity contribution is -0.138. The van der Waals surface area contributed by atoms with Crippen LogP contribution in [0.5, 0.6) is 0 Å². The number of benzene rings is 1. The average Bonchev–Trinajstić information content (AvgIpc) is 2.79. The Labute approximate surface area is 192 Å². The summed E-state index contributed by atoms with van der Waals surface area (Å²) < 4.78 is 0. The van der Waals surface area contributed by atoms with Crippen LogP contribution in [0, 0.1) is 5.92 Å². The molecule has 1 aliphatic carbocycles. The van der Waals surface area contributed by atoms with Crippen molar-refractivity contribution in [2.45, 2.75) is 90.1 Å². The zero-order valence-electron chi connectivity index (χ0n) is 19.9. The molecule has 1 saturated heterocycles. The Hall–Kier alpha value is -2.37. The van der Waals surface area contributed by atoms with Crippen LogP contribution >= 0.6 is 0 Å². The maximum Gasteiger partial charge on any atom is 0.243 e. The number of nitrogens with zero attached hydrogens (tertiary/aromatic N) is 1. The summed E-state index contributed by atoms with van der Waals surface area (Å²) >= 11 is 0. The first-order chi connectivity index (χ1) is 15.3. The van der Waals surface area contributed by atoms with Crippen molar-refractivity contribution in [2.24, 2.45) is 5.92 Å². The smallest absolute Gasteiger partial charge is 0.243 e. The summed E-state index contributed by atoms with van der Waals surface area (Å²) in [4.78, 5) is 39.5. The quantitative estimate of drug-likeness (QED) is 0.679. The number of likely N-dealkylation sites (tertiary alicyclic amines) is 1. The molecular weight excluding hydrogens is 402 g/mol. The Morgan fingerprint density at radius 2 is 1.59 bits per heavy atom. The Morgan fingerprint density at radius 3 is 2.16 bits per heavy atom. The molecule has 176 valence electrons. The summed E-state index contributed by atoms with van der Waals surface area (Å²) in [5.74, 6) is 0.591. The van der Waals surface area contributed by atoms with Gasteiger partial charge in [-0.25, -0.2) is 0 Å². The summed E-state index contributed by atoms with van der Waals surface area (Å²) in [7, 11) is 0. The van der Waals surface area contributed by atoms with Gasteiger partial charge in [0, 0.05) is 38.4 Å². The third kappa shape index (κ3) is 6.81. The van der Waals surface area contributed by atoms with E-state index in [-0.39, 0.29) is 23.8 Å². The highest BCUT2D eigenvalue weighted by atomic mass is 16.2. The van der Waals surface area contributed by atoms with Gasteiger partial charge in [0.05, 0.1) is 0 Å². The van der Waals surface area contributed by atoms with E-state index in [4.69, 9.17) is 0 Å². The molecule has 1 atom stereocenters. The molecule has 3 amide bonds. The van der Waals surface area contributed by atoms with Gasteiger partial charge in [0.25, 0.3) is 0 Å². The lowest BCUT2D eigenvalue weighted by Gasteiger charge is -2.36. The summed E-state index contributed by atoms with van der Waals surface area (Å²) in [5, 5.41) is 5.93. The second kappa shape index (κ2) is 11.5. The van der Waals surface area contributed by atoms with E-state index in [1.165, 1.54) is 18.9 Å². The number of hydrogen-bond acceptors (Lipinski definition) is 3. The molecule has 1 saturated carbocycles. The molecule has 0 radical (unpaired) electrons. The predicted molar refractivity (Wildman–Crippen MR) is 126 cm³/mol. The SMILES string of the molecule is CC(=O)NC(Cc1ccc(C(C)C)cc1)C(=O)NC1CCN(C(=O)C2CCCCC2)CC1. The van der Waals surface area contributed by atoms with Gasteiger partial charge in [0.1, 0.15) is 6.04 Å². The zero-order chi connectivity index (χ0) is 23.1. The van der Waals surface area contributed by atoms with Crippen LogP contribution in [0.15, 0.2) is 24.3 Å².